The molecule has 0 radical (unpaired) electrons. The number of aryl methyl sites for hydroxylation is 1. The van der Waals surface area contributed by atoms with Crippen LogP contribution in [0.25, 0.3) is 0 Å². The Morgan fingerprint density at radius 3 is 2.71 bits per heavy atom. The normalized spacial score (nSPS) is 15.1. The number of aromatic nitrogens is 1. The van der Waals surface area contributed by atoms with Gasteiger partial charge < -0.3 is 5.32 Å². The van der Waals surface area contributed by atoms with Crippen LogP contribution in [0.2, 0.25) is 0 Å². The van der Waals surface area contributed by atoms with Crippen LogP contribution in [0.15, 0.2) is 42.7 Å². The molecule has 1 N–H and O–H groups in total. The largest absolute Gasteiger partial charge is 0.349 e. The maximum absolute atomic E-state index is 13.6. The van der Waals surface area contributed by atoms with Gasteiger partial charge in [0.2, 0.25) is 5.91 Å². The monoisotopic (exact) mass is 326 g/mol. The molecule has 0 bridgehead atoms. The van der Waals surface area contributed by atoms with E-state index >= 15 is 0 Å². The van der Waals surface area contributed by atoms with E-state index in [0.717, 1.165) is 18.8 Å². The van der Waals surface area contributed by atoms with Crippen LogP contribution in [0.3, 0.4) is 0 Å². The molecule has 0 aliphatic heterocycles. The second kappa shape index (κ2) is 7.56. The van der Waals surface area contributed by atoms with Gasteiger partial charge >= 0.3 is 0 Å². The molecule has 0 saturated heterocycles. The van der Waals surface area contributed by atoms with Crippen LogP contribution in [0, 0.1) is 5.82 Å². The zero-order chi connectivity index (χ0) is 16.9. The van der Waals surface area contributed by atoms with Gasteiger partial charge in [-0.25, -0.2) is 4.39 Å². The molecule has 1 amide bonds. The van der Waals surface area contributed by atoms with Crippen molar-refractivity contribution in [3.8, 4) is 0 Å². The van der Waals surface area contributed by atoms with E-state index in [1.807, 2.05) is 0 Å². The van der Waals surface area contributed by atoms with E-state index in [4.69, 9.17) is 0 Å². The number of amides is 1. The molecule has 0 spiro atoms. The lowest BCUT2D eigenvalue weighted by atomic mass is 10.0. The predicted octanol–water partition coefficient (Wildman–Crippen LogP) is 4.30. The molecular weight excluding hydrogens is 303 g/mol. The molecule has 3 nitrogen and oxygen atoms in total. The smallest absolute Gasteiger partial charge is 0.220 e. The van der Waals surface area contributed by atoms with Gasteiger partial charge in [-0.15, -0.1) is 0 Å². The Morgan fingerprint density at radius 2 is 2.04 bits per heavy atom. The number of benzene rings is 1. The van der Waals surface area contributed by atoms with Crippen molar-refractivity contribution in [2.75, 3.05) is 0 Å². The highest BCUT2D eigenvalue weighted by atomic mass is 19.1. The fraction of sp³-hybridized carbons (Fsp3) is 0.400. The van der Waals surface area contributed by atoms with Crippen molar-refractivity contribution in [2.24, 2.45) is 0 Å². The summed E-state index contributed by atoms with van der Waals surface area (Å²) in [6.45, 7) is 1.78. The summed E-state index contributed by atoms with van der Waals surface area (Å²) in [6, 6.07) is 10.0. The fourth-order valence-electron chi connectivity index (χ4n) is 2.95. The SMILES string of the molecule is CC(NC(=O)CCCc1ccc(C2CC2)cc1)c1ccncc1F. The van der Waals surface area contributed by atoms with E-state index in [1.54, 1.807) is 13.0 Å². The van der Waals surface area contributed by atoms with Crippen LogP contribution in [-0.4, -0.2) is 10.9 Å². The zero-order valence-corrected chi connectivity index (χ0v) is 14.0. The van der Waals surface area contributed by atoms with E-state index in [0.29, 0.717) is 12.0 Å². The molecule has 3 rings (SSSR count). The van der Waals surface area contributed by atoms with Crippen LogP contribution >= 0.6 is 0 Å². The summed E-state index contributed by atoms with van der Waals surface area (Å²) in [5.41, 5.74) is 3.17. The highest BCUT2D eigenvalue weighted by Gasteiger charge is 2.22. The average Bonchev–Trinajstić information content (AvgIpc) is 3.41. The molecular formula is C20H23FN2O. The number of carbonyl (C=O) groups is 1. The van der Waals surface area contributed by atoms with Gasteiger partial charge in [0, 0.05) is 18.2 Å². The quantitative estimate of drug-likeness (QED) is 0.824. The zero-order valence-electron chi connectivity index (χ0n) is 14.0. The molecule has 1 aromatic carbocycles. The number of pyridine rings is 1. The molecule has 1 saturated carbocycles. The molecule has 1 aliphatic carbocycles. The van der Waals surface area contributed by atoms with Gasteiger partial charge in [0.25, 0.3) is 0 Å². The molecule has 1 heterocycles. The summed E-state index contributed by atoms with van der Waals surface area (Å²) >= 11 is 0. The lowest BCUT2D eigenvalue weighted by Crippen LogP contribution is -2.27. The van der Waals surface area contributed by atoms with Crippen molar-refractivity contribution in [3.05, 3.63) is 65.2 Å². The predicted molar refractivity (Wildman–Crippen MR) is 92.1 cm³/mol. The van der Waals surface area contributed by atoms with Gasteiger partial charge in [0.1, 0.15) is 5.82 Å². The first kappa shape index (κ1) is 16.6. The highest BCUT2D eigenvalue weighted by molar-refractivity contribution is 5.76. The fourth-order valence-corrected chi connectivity index (χ4v) is 2.95. The third kappa shape index (κ3) is 4.40. The molecule has 24 heavy (non-hydrogen) atoms. The summed E-state index contributed by atoms with van der Waals surface area (Å²) in [5.74, 6) is 0.342. The van der Waals surface area contributed by atoms with Gasteiger partial charge in [0.05, 0.1) is 12.2 Å². The first-order valence-corrected chi connectivity index (χ1v) is 8.61. The van der Waals surface area contributed by atoms with Crippen LogP contribution in [0.1, 0.15) is 61.3 Å². The summed E-state index contributed by atoms with van der Waals surface area (Å²) < 4.78 is 13.6. The second-order valence-electron chi connectivity index (χ2n) is 6.56. The molecule has 2 aromatic rings. The molecule has 4 heteroatoms. The minimum Gasteiger partial charge on any atom is -0.349 e. The van der Waals surface area contributed by atoms with Crippen molar-refractivity contribution in [1.82, 2.24) is 10.3 Å². The second-order valence-corrected chi connectivity index (χ2v) is 6.56. The summed E-state index contributed by atoms with van der Waals surface area (Å²) in [7, 11) is 0. The van der Waals surface area contributed by atoms with E-state index < -0.39 is 0 Å². The Kier molecular flexibility index (Phi) is 5.24. The first-order valence-electron chi connectivity index (χ1n) is 8.61. The van der Waals surface area contributed by atoms with Gasteiger partial charge in [-0.05, 0) is 55.7 Å². The van der Waals surface area contributed by atoms with Crippen molar-refractivity contribution >= 4 is 5.91 Å². The first-order chi connectivity index (χ1) is 11.6. The minimum atomic E-state index is -0.388. The summed E-state index contributed by atoms with van der Waals surface area (Å²) in [5, 5.41) is 2.85. The van der Waals surface area contributed by atoms with Crippen LogP contribution in [0.4, 0.5) is 4.39 Å². The van der Waals surface area contributed by atoms with E-state index in [9.17, 15) is 9.18 Å². The Labute approximate surface area is 142 Å². The summed E-state index contributed by atoms with van der Waals surface area (Å²) in [4.78, 5) is 15.8. The van der Waals surface area contributed by atoms with Gasteiger partial charge in [-0.3, -0.25) is 9.78 Å². The van der Waals surface area contributed by atoms with Crippen LogP contribution in [0.5, 0.6) is 0 Å². The maximum Gasteiger partial charge on any atom is 0.220 e. The number of nitrogens with one attached hydrogen (secondary N) is 1. The van der Waals surface area contributed by atoms with Crippen LogP contribution < -0.4 is 5.32 Å². The highest BCUT2D eigenvalue weighted by Crippen LogP contribution is 2.39. The topological polar surface area (TPSA) is 42.0 Å². The van der Waals surface area contributed by atoms with Crippen molar-refractivity contribution in [3.63, 3.8) is 0 Å². The number of hydrogen-bond acceptors (Lipinski definition) is 2. The Hall–Kier alpha value is -2.23. The van der Waals surface area contributed by atoms with E-state index in [-0.39, 0.29) is 17.8 Å². The van der Waals surface area contributed by atoms with E-state index in [1.165, 1.54) is 36.4 Å². The molecule has 1 atom stereocenters. The lowest BCUT2D eigenvalue weighted by Gasteiger charge is -2.14. The third-order valence-electron chi connectivity index (χ3n) is 4.55. The van der Waals surface area contributed by atoms with Gasteiger partial charge in [0.15, 0.2) is 0 Å². The standard InChI is InChI=1S/C20H23FN2O/c1-14(18-11-12-22-13-19(18)21)23-20(24)4-2-3-15-5-7-16(8-6-15)17-9-10-17/h5-8,11-14,17H,2-4,9-10H2,1H3,(H,23,24). The minimum absolute atomic E-state index is 0.0479. The average molecular weight is 326 g/mol. The van der Waals surface area contributed by atoms with Crippen molar-refractivity contribution in [1.29, 1.82) is 0 Å². The number of rotatable bonds is 7. The van der Waals surface area contributed by atoms with Crippen molar-refractivity contribution < 1.29 is 9.18 Å². The molecule has 126 valence electrons. The molecule has 1 unspecified atom stereocenters. The molecule has 1 aliphatic rings. The number of carbonyl (C=O) groups excluding carboxylic acids is 1. The Balaban J connectivity index is 1.43. The molecule has 1 fully saturated rings. The molecule has 1 aromatic heterocycles. The Morgan fingerprint density at radius 1 is 1.29 bits per heavy atom. The van der Waals surface area contributed by atoms with Crippen LogP contribution in [-0.2, 0) is 11.2 Å². The van der Waals surface area contributed by atoms with Gasteiger partial charge in [-0.2, -0.15) is 0 Å². The van der Waals surface area contributed by atoms with Gasteiger partial charge in [-0.1, -0.05) is 24.3 Å². The maximum atomic E-state index is 13.6. The number of halogens is 1. The van der Waals surface area contributed by atoms with E-state index in [2.05, 4.69) is 34.6 Å². The third-order valence-corrected chi connectivity index (χ3v) is 4.55. The van der Waals surface area contributed by atoms with Crippen molar-refractivity contribution in [2.45, 2.75) is 51.0 Å². The lowest BCUT2D eigenvalue weighted by molar-refractivity contribution is -0.121. The number of nitrogens with zero attached hydrogens (tertiary/aromatic N) is 1. The Bertz CT molecular complexity index is 695. The number of hydrogen-bond donors (Lipinski definition) is 1. The summed E-state index contributed by atoms with van der Waals surface area (Å²) in [6.07, 6.45) is 7.46.